The summed E-state index contributed by atoms with van der Waals surface area (Å²) >= 11 is 5.00. The van der Waals surface area contributed by atoms with Crippen LogP contribution < -0.4 is 5.73 Å². The van der Waals surface area contributed by atoms with Gasteiger partial charge in [0.05, 0.1) is 12.6 Å². The van der Waals surface area contributed by atoms with Crippen molar-refractivity contribution in [2.75, 3.05) is 12.9 Å². The molecule has 0 radical (unpaired) electrons. The van der Waals surface area contributed by atoms with Gasteiger partial charge in [-0.25, -0.2) is 0 Å². The highest BCUT2D eigenvalue weighted by Crippen LogP contribution is 2.30. The molecule has 0 aliphatic heterocycles. The van der Waals surface area contributed by atoms with Gasteiger partial charge in [-0.05, 0) is 31.2 Å². The number of ether oxygens (including phenoxy) is 1. The van der Waals surface area contributed by atoms with Crippen molar-refractivity contribution in [3.63, 3.8) is 0 Å². The van der Waals surface area contributed by atoms with Gasteiger partial charge in [0.2, 0.25) is 0 Å². The minimum Gasteiger partial charge on any atom is -0.468 e. The molecular formula is C14H15BrN2O2S. The minimum atomic E-state index is -0.624. The van der Waals surface area contributed by atoms with E-state index >= 15 is 0 Å². The molecule has 106 valence electrons. The van der Waals surface area contributed by atoms with E-state index in [0.717, 1.165) is 26.0 Å². The topological polar surface area (TPSA) is 65.2 Å². The summed E-state index contributed by atoms with van der Waals surface area (Å²) < 4.78 is 5.63. The van der Waals surface area contributed by atoms with E-state index in [1.165, 1.54) is 18.9 Å². The number of halogens is 1. The number of fused-ring (bicyclic) bond motifs is 1. The van der Waals surface area contributed by atoms with Crippen LogP contribution in [0.4, 0.5) is 0 Å². The molecule has 0 fully saturated rings. The molecule has 1 aromatic heterocycles. The average molecular weight is 355 g/mol. The number of rotatable bonds is 4. The molecular weight excluding hydrogens is 340 g/mol. The number of benzene rings is 1. The molecule has 2 aromatic rings. The first kappa shape index (κ1) is 15.3. The van der Waals surface area contributed by atoms with E-state index < -0.39 is 12.0 Å². The van der Waals surface area contributed by atoms with Crippen LogP contribution in [0, 0.1) is 6.92 Å². The Morgan fingerprint density at radius 2 is 2.25 bits per heavy atom. The Bertz CT molecular complexity index is 648. The fraction of sp³-hybridized carbons (Fsp3) is 0.286. The fourth-order valence-corrected chi connectivity index (χ4v) is 3.24. The van der Waals surface area contributed by atoms with Crippen LogP contribution in [0.2, 0.25) is 0 Å². The summed E-state index contributed by atoms with van der Waals surface area (Å²) in [6.45, 7) is 1.95. The Hall–Kier alpha value is -1.11. The van der Waals surface area contributed by atoms with Crippen LogP contribution >= 0.6 is 27.7 Å². The number of hydrogen-bond donors (Lipinski definition) is 1. The predicted molar refractivity (Wildman–Crippen MR) is 84.9 cm³/mol. The van der Waals surface area contributed by atoms with Crippen LogP contribution in [0.3, 0.4) is 0 Å². The molecule has 1 heterocycles. The van der Waals surface area contributed by atoms with Crippen molar-refractivity contribution in [2.45, 2.75) is 17.9 Å². The van der Waals surface area contributed by atoms with Gasteiger partial charge in [0.25, 0.3) is 0 Å². The largest absolute Gasteiger partial charge is 0.468 e. The molecule has 4 nitrogen and oxygen atoms in total. The number of nitrogens with zero attached hydrogens (tertiary/aromatic N) is 1. The smallest absolute Gasteiger partial charge is 0.323 e. The van der Waals surface area contributed by atoms with E-state index in [0.29, 0.717) is 5.75 Å². The third-order valence-electron chi connectivity index (χ3n) is 2.78. The summed E-state index contributed by atoms with van der Waals surface area (Å²) in [5, 5.41) is 1.05. The van der Waals surface area contributed by atoms with Gasteiger partial charge in [0.1, 0.15) is 6.04 Å². The van der Waals surface area contributed by atoms with Crippen molar-refractivity contribution < 1.29 is 9.53 Å². The second-order valence-corrected chi connectivity index (χ2v) is 6.34. The first-order valence-electron chi connectivity index (χ1n) is 6.04. The monoisotopic (exact) mass is 354 g/mol. The molecule has 1 aromatic carbocycles. The second kappa shape index (κ2) is 6.56. The molecule has 0 spiro atoms. The number of pyridine rings is 1. The van der Waals surface area contributed by atoms with Gasteiger partial charge in [-0.1, -0.05) is 15.9 Å². The molecule has 0 saturated heterocycles. The number of aryl methyl sites for hydroxylation is 1. The SMILES string of the molecule is COC(=O)[C@@H](N)CSc1cc(C)nc2ccc(Br)cc12. The number of thioether (sulfide) groups is 1. The lowest BCUT2D eigenvalue weighted by Gasteiger charge is -2.11. The maximum Gasteiger partial charge on any atom is 0.323 e. The van der Waals surface area contributed by atoms with E-state index in [9.17, 15) is 4.79 Å². The molecule has 0 aliphatic rings. The molecule has 0 saturated carbocycles. The molecule has 20 heavy (non-hydrogen) atoms. The van der Waals surface area contributed by atoms with Gasteiger partial charge in [-0.3, -0.25) is 9.78 Å². The van der Waals surface area contributed by atoms with Crippen LogP contribution in [0.5, 0.6) is 0 Å². The highest BCUT2D eigenvalue weighted by atomic mass is 79.9. The molecule has 2 N–H and O–H groups in total. The maximum absolute atomic E-state index is 11.3. The van der Waals surface area contributed by atoms with Crippen molar-refractivity contribution in [1.29, 1.82) is 0 Å². The highest BCUT2D eigenvalue weighted by Gasteiger charge is 2.15. The summed E-state index contributed by atoms with van der Waals surface area (Å²) in [6, 6.07) is 7.33. The van der Waals surface area contributed by atoms with Gasteiger partial charge >= 0.3 is 5.97 Å². The first-order valence-corrected chi connectivity index (χ1v) is 7.82. The van der Waals surface area contributed by atoms with Gasteiger partial charge in [-0.15, -0.1) is 11.8 Å². The van der Waals surface area contributed by atoms with Crippen molar-refractivity contribution in [3.8, 4) is 0 Å². The molecule has 0 amide bonds. The lowest BCUT2D eigenvalue weighted by molar-refractivity contribution is -0.141. The summed E-state index contributed by atoms with van der Waals surface area (Å²) in [4.78, 5) is 16.9. The number of hydrogen-bond acceptors (Lipinski definition) is 5. The van der Waals surface area contributed by atoms with E-state index in [4.69, 9.17) is 5.73 Å². The zero-order valence-electron chi connectivity index (χ0n) is 11.2. The van der Waals surface area contributed by atoms with E-state index in [2.05, 4.69) is 25.7 Å². The maximum atomic E-state index is 11.3. The van der Waals surface area contributed by atoms with Crippen molar-refractivity contribution in [3.05, 3.63) is 34.4 Å². The van der Waals surface area contributed by atoms with Crippen LogP contribution in [0.1, 0.15) is 5.69 Å². The number of nitrogens with two attached hydrogens (primary N) is 1. The Kier molecular flexibility index (Phi) is 5.01. The highest BCUT2D eigenvalue weighted by molar-refractivity contribution is 9.10. The molecule has 2 rings (SSSR count). The van der Waals surface area contributed by atoms with Crippen molar-refractivity contribution >= 4 is 44.6 Å². The standard InChI is InChI=1S/C14H15BrN2O2S/c1-8-5-13(20-7-11(16)14(18)19-2)10-6-9(15)3-4-12(10)17-8/h3-6,11H,7,16H2,1-2H3/t11-/m0/s1. The van der Waals surface area contributed by atoms with Crippen LogP contribution in [-0.2, 0) is 9.53 Å². The number of methoxy groups -OCH3 is 1. The number of aromatic nitrogens is 1. The molecule has 0 bridgehead atoms. The van der Waals surface area contributed by atoms with E-state index in [-0.39, 0.29) is 0 Å². The van der Waals surface area contributed by atoms with Gasteiger partial charge in [-0.2, -0.15) is 0 Å². The van der Waals surface area contributed by atoms with Crippen LogP contribution in [0.15, 0.2) is 33.6 Å². The Labute approximate surface area is 130 Å². The second-order valence-electron chi connectivity index (χ2n) is 4.36. The van der Waals surface area contributed by atoms with Crippen molar-refractivity contribution in [1.82, 2.24) is 4.98 Å². The van der Waals surface area contributed by atoms with E-state index in [1.54, 1.807) is 0 Å². The average Bonchev–Trinajstić information content (AvgIpc) is 2.44. The van der Waals surface area contributed by atoms with E-state index in [1.807, 2.05) is 31.2 Å². The third kappa shape index (κ3) is 3.50. The first-order chi connectivity index (χ1) is 9.51. The van der Waals surface area contributed by atoms with Crippen LogP contribution in [0.25, 0.3) is 10.9 Å². The van der Waals surface area contributed by atoms with Crippen molar-refractivity contribution in [2.24, 2.45) is 5.73 Å². The third-order valence-corrected chi connectivity index (χ3v) is 4.45. The zero-order chi connectivity index (χ0) is 14.7. The number of carbonyl (C=O) groups is 1. The molecule has 0 aliphatic carbocycles. The lowest BCUT2D eigenvalue weighted by Crippen LogP contribution is -2.33. The van der Waals surface area contributed by atoms with Gasteiger partial charge in [0.15, 0.2) is 0 Å². The summed E-state index contributed by atoms with van der Waals surface area (Å²) in [7, 11) is 1.34. The lowest BCUT2D eigenvalue weighted by atomic mass is 10.2. The van der Waals surface area contributed by atoms with Crippen LogP contribution in [-0.4, -0.2) is 29.9 Å². The molecule has 1 atom stereocenters. The minimum absolute atomic E-state index is 0.395. The Morgan fingerprint density at radius 1 is 1.50 bits per heavy atom. The molecule has 6 heteroatoms. The summed E-state index contributed by atoms with van der Waals surface area (Å²) in [5.41, 5.74) is 7.64. The van der Waals surface area contributed by atoms with Gasteiger partial charge in [0, 0.05) is 26.2 Å². The number of esters is 1. The predicted octanol–water partition coefficient (Wildman–Crippen LogP) is 2.90. The molecule has 0 unspecified atom stereocenters. The quantitative estimate of drug-likeness (QED) is 0.675. The Balaban J connectivity index is 2.29. The normalized spacial score (nSPS) is 12.4. The Morgan fingerprint density at radius 3 is 2.95 bits per heavy atom. The fourth-order valence-electron chi connectivity index (χ4n) is 1.81. The number of carbonyl (C=O) groups excluding carboxylic acids is 1. The zero-order valence-corrected chi connectivity index (χ0v) is 13.6. The summed E-state index contributed by atoms with van der Waals surface area (Å²) in [5.74, 6) is 0.0753. The van der Waals surface area contributed by atoms with Gasteiger partial charge < -0.3 is 10.5 Å². The summed E-state index contributed by atoms with van der Waals surface area (Å²) in [6.07, 6.45) is 0.